The van der Waals surface area contributed by atoms with Gasteiger partial charge < -0.3 is 10.4 Å². The van der Waals surface area contributed by atoms with E-state index in [0.29, 0.717) is 24.3 Å². The molecule has 0 amide bonds. The van der Waals surface area contributed by atoms with Gasteiger partial charge in [0.2, 0.25) is 0 Å². The van der Waals surface area contributed by atoms with Gasteiger partial charge in [0.25, 0.3) is 0 Å². The smallest absolute Gasteiger partial charge is 0.303 e. The van der Waals surface area contributed by atoms with Gasteiger partial charge in [-0.3, -0.25) is 4.79 Å². The minimum Gasteiger partial charge on any atom is -0.481 e. The molecule has 0 heterocycles. The van der Waals surface area contributed by atoms with Crippen molar-refractivity contribution < 1.29 is 9.90 Å². The Labute approximate surface area is 135 Å². The summed E-state index contributed by atoms with van der Waals surface area (Å²) >= 11 is 0. The second-order valence-corrected chi connectivity index (χ2v) is 7.64. The summed E-state index contributed by atoms with van der Waals surface area (Å²) in [6.07, 6.45) is 10.3. The van der Waals surface area contributed by atoms with Crippen molar-refractivity contribution in [3.05, 3.63) is 0 Å². The van der Waals surface area contributed by atoms with Crippen molar-refractivity contribution in [2.24, 2.45) is 17.3 Å². The van der Waals surface area contributed by atoms with Gasteiger partial charge in [0, 0.05) is 12.6 Å². The molecule has 2 rings (SSSR count). The fourth-order valence-corrected chi connectivity index (χ4v) is 4.75. The van der Waals surface area contributed by atoms with Crippen molar-refractivity contribution in [3.8, 4) is 0 Å². The average molecular weight is 318 g/mol. The van der Waals surface area contributed by atoms with Crippen LogP contribution in [0, 0.1) is 17.3 Å². The van der Waals surface area contributed by atoms with E-state index in [-0.39, 0.29) is 17.8 Å². The summed E-state index contributed by atoms with van der Waals surface area (Å²) in [7, 11) is 0. The van der Waals surface area contributed by atoms with E-state index in [1.807, 2.05) is 0 Å². The van der Waals surface area contributed by atoms with Gasteiger partial charge in [-0.2, -0.15) is 0 Å². The Bertz CT molecular complexity index is 319. The van der Waals surface area contributed by atoms with Crippen LogP contribution in [0.4, 0.5) is 0 Å². The molecule has 3 atom stereocenters. The van der Waals surface area contributed by atoms with E-state index < -0.39 is 5.97 Å². The molecule has 0 saturated heterocycles. The number of hydrogen-bond acceptors (Lipinski definition) is 2. The predicted octanol–water partition coefficient (Wildman–Crippen LogP) is 4.25. The zero-order valence-electron chi connectivity index (χ0n) is 13.6. The van der Waals surface area contributed by atoms with Crippen LogP contribution in [-0.4, -0.2) is 23.7 Å². The average Bonchev–Trinajstić information content (AvgIpc) is 2.35. The molecule has 2 saturated carbocycles. The third-order valence-electron chi connectivity index (χ3n) is 5.26. The highest BCUT2D eigenvalue weighted by atomic mass is 35.5. The largest absolute Gasteiger partial charge is 0.481 e. The van der Waals surface area contributed by atoms with Gasteiger partial charge in [-0.1, -0.05) is 33.1 Å². The van der Waals surface area contributed by atoms with Gasteiger partial charge in [-0.05, 0) is 49.4 Å². The number of nitrogens with one attached hydrogen (secondary N) is 1. The lowest BCUT2D eigenvalue weighted by molar-refractivity contribution is -0.141. The van der Waals surface area contributed by atoms with Gasteiger partial charge >= 0.3 is 5.97 Å². The van der Waals surface area contributed by atoms with E-state index in [0.717, 1.165) is 19.4 Å². The van der Waals surface area contributed by atoms with Crippen LogP contribution >= 0.6 is 12.4 Å². The number of rotatable bonds is 5. The highest BCUT2D eigenvalue weighted by Gasteiger charge is 2.39. The molecular weight excluding hydrogens is 286 g/mol. The zero-order valence-corrected chi connectivity index (χ0v) is 14.4. The molecule has 0 aromatic carbocycles. The van der Waals surface area contributed by atoms with Crippen LogP contribution in [0.25, 0.3) is 0 Å². The molecule has 4 heteroatoms. The second-order valence-electron chi connectivity index (χ2n) is 7.64. The summed E-state index contributed by atoms with van der Waals surface area (Å²) in [6, 6.07) is 0.627. The minimum atomic E-state index is -0.628. The quantitative estimate of drug-likeness (QED) is 0.797. The summed E-state index contributed by atoms with van der Waals surface area (Å²) in [5.74, 6) is 0.689. The molecule has 0 aliphatic heterocycles. The maximum atomic E-state index is 11.3. The third-order valence-corrected chi connectivity index (χ3v) is 5.26. The standard InChI is InChI=1S/C17H31NO2.ClH/c1-13-8-14(2)10-17(9-13,11-16(19)20)12-18-15-6-4-3-5-7-15;/h13-15,18H,3-12H2,1-2H3,(H,19,20);1H/t13-,14+,17?;. The van der Waals surface area contributed by atoms with Gasteiger partial charge in [0.15, 0.2) is 0 Å². The molecule has 2 aliphatic rings. The lowest BCUT2D eigenvalue weighted by Gasteiger charge is -2.43. The SMILES string of the molecule is C[C@@H]1C[C@H](C)CC(CNC2CCCCC2)(CC(=O)O)C1.Cl. The number of aliphatic carboxylic acids is 1. The van der Waals surface area contributed by atoms with E-state index in [1.165, 1.54) is 38.5 Å². The Hall–Kier alpha value is -0.280. The molecule has 0 radical (unpaired) electrons. The molecular formula is C17H32ClNO2. The van der Waals surface area contributed by atoms with Gasteiger partial charge in [0.1, 0.15) is 0 Å². The number of carbonyl (C=O) groups is 1. The Kier molecular flexibility index (Phi) is 7.49. The molecule has 3 nitrogen and oxygen atoms in total. The first kappa shape index (κ1) is 18.8. The summed E-state index contributed by atoms with van der Waals surface area (Å²) in [5.41, 5.74) is -0.0135. The Morgan fingerprint density at radius 3 is 2.24 bits per heavy atom. The van der Waals surface area contributed by atoms with E-state index in [4.69, 9.17) is 0 Å². The maximum absolute atomic E-state index is 11.3. The van der Waals surface area contributed by atoms with Crippen molar-refractivity contribution >= 4 is 18.4 Å². The summed E-state index contributed by atoms with van der Waals surface area (Å²) in [4.78, 5) is 11.3. The first-order chi connectivity index (χ1) is 9.49. The van der Waals surface area contributed by atoms with Crippen molar-refractivity contribution in [3.63, 3.8) is 0 Å². The van der Waals surface area contributed by atoms with Crippen molar-refractivity contribution in [2.75, 3.05) is 6.54 Å². The number of carboxylic acid groups (broad SMARTS) is 1. The predicted molar refractivity (Wildman–Crippen MR) is 89.0 cm³/mol. The molecule has 2 aliphatic carbocycles. The van der Waals surface area contributed by atoms with Gasteiger partial charge in [-0.25, -0.2) is 0 Å². The van der Waals surface area contributed by atoms with E-state index in [9.17, 15) is 9.90 Å². The number of carboxylic acids is 1. The highest BCUT2D eigenvalue weighted by Crippen LogP contribution is 2.44. The van der Waals surface area contributed by atoms with E-state index >= 15 is 0 Å². The van der Waals surface area contributed by atoms with Crippen LogP contribution in [0.2, 0.25) is 0 Å². The lowest BCUT2D eigenvalue weighted by Crippen LogP contribution is -2.45. The maximum Gasteiger partial charge on any atom is 0.303 e. The van der Waals surface area contributed by atoms with Gasteiger partial charge in [-0.15, -0.1) is 12.4 Å². The normalized spacial score (nSPS) is 34.2. The molecule has 124 valence electrons. The molecule has 0 spiro atoms. The Balaban J connectivity index is 0.00000220. The third kappa shape index (κ3) is 5.78. The highest BCUT2D eigenvalue weighted by molar-refractivity contribution is 5.85. The van der Waals surface area contributed by atoms with Crippen LogP contribution in [0.1, 0.15) is 71.6 Å². The van der Waals surface area contributed by atoms with Crippen LogP contribution in [0.3, 0.4) is 0 Å². The Morgan fingerprint density at radius 1 is 1.14 bits per heavy atom. The molecule has 0 aromatic rings. The molecule has 1 unspecified atom stereocenters. The Morgan fingerprint density at radius 2 is 1.71 bits per heavy atom. The van der Waals surface area contributed by atoms with E-state index in [2.05, 4.69) is 19.2 Å². The molecule has 2 fully saturated rings. The lowest BCUT2D eigenvalue weighted by atomic mass is 9.64. The van der Waals surface area contributed by atoms with Crippen LogP contribution in [-0.2, 0) is 4.79 Å². The monoisotopic (exact) mass is 317 g/mol. The minimum absolute atomic E-state index is 0. The van der Waals surface area contributed by atoms with E-state index in [1.54, 1.807) is 0 Å². The van der Waals surface area contributed by atoms with Crippen molar-refractivity contribution in [1.29, 1.82) is 0 Å². The molecule has 0 aromatic heterocycles. The summed E-state index contributed by atoms with van der Waals surface area (Å²) in [6.45, 7) is 5.47. The topological polar surface area (TPSA) is 49.3 Å². The summed E-state index contributed by atoms with van der Waals surface area (Å²) < 4.78 is 0. The zero-order chi connectivity index (χ0) is 14.6. The van der Waals surface area contributed by atoms with Crippen LogP contribution in [0.5, 0.6) is 0 Å². The van der Waals surface area contributed by atoms with Crippen molar-refractivity contribution in [1.82, 2.24) is 5.32 Å². The second kappa shape index (κ2) is 8.38. The number of halogens is 1. The first-order valence-electron chi connectivity index (χ1n) is 8.44. The molecule has 0 bridgehead atoms. The fourth-order valence-electron chi connectivity index (χ4n) is 4.75. The first-order valence-corrected chi connectivity index (χ1v) is 8.44. The van der Waals surface area contributed by atoms with Crippen LogP contribution < -0.4 is 5.32 Å². The summed E-state index contributed by atoms with van der Waals surface area (Å²) in [5, 5.41) is 13.0. The number of hydrogen-bond donors (Lipinski definition) is 2. The fraction of sp³-hybridized carbons (Fsp3) is 0.941. The van der Waals surface area contributed by atoms with Crippen molar-refractivity contribution in [2.45, 2.75) is 77.7 Å². The molecule has 21 heavy (non-hydrogen) atoms. The van der Waals surface area contributed by atoms with Gasteiger partial charge in [0.05, 0.1) is 6.42 Å². The van der Waals surface area contributed by atoms with Crippen LogP contribution in [0.15, 0.2) is 0 Å². The molecule has 2 N–H and O–H groups in total.